The zero-order valence-corrected chi connectivity index (χ0v) is 18.0. The Kier molecular flexibility index (Phi) is 8.61. The van der Waals surface area contributed by atoms with Crippen molar-refractivity contribution in [3.8, 4) is 5.75 Å². The van der Waals surface area contributed by atoms with E-state index in [2.05, 4.69) is 41.4 Å². The molecule has 6 heteroatoms. The van der Waals surface area contributed by atoms with E-state index in [0.29, 0.717) is 22.9 Å². The summed E-state index contributed by atoms with van der Waals surface area (Å²) in [6.45, 7) is 4.81. The molecule has 1 amide bonds. The van der Waals surface area contributed by atoms with Gasteiger partial charge >= 0.3 is 0 Å². The molecule has 1 fully saturated rings. The maximum absolute atomic E-state index is 12.6. The van der Waals surface area contributed by atoms with Crippen LogP contribution in [0.4, 0.5) is 0 Å². The minimum absolute atomic E-state index is 0. The van der Waals surface area contributed by atoms with Gasteiger partial charge in [0.2, 0.25) is 0 Å². The first-order chi connectivity index (χ1) is 13.1. The van der Waals surface area contributed by atoms with Crippen LogP contribution in [0.15, 0.2) is 42.5 Å². The van der Waals surface area contributed by atoms with Crippen LogP contribution < -0.4 is 10.1 Å². The van der Waals surface area contributed by atoms with Crippen LogP contribution in [0.5, 0.6) is 5.75 Å². The van der Waals surface area contributed by atoms with Gasteiger partial charge in [0.25, 0.3) is 5.91 Å². The number of hydrogen-bond donors (Lipinski definition) is 1. The van der Waals surface area contributed by atoms with E-state index in [1.165, 1.54) is 30.4 Å². The maximum Gasteiger partial charge on any atom is 0.251 e. The molecule has 0 radical (unpaired) electrons. The number of rotatable bonds is 6. The summed E-state index contributed by atoms with van der Waals surface area (Å²) in [4.78, 5) is 15.1. The summed E-state index contributed by atoms with van der Waals surface area (Å²) in [5.41, 5.74) is 3.03. The van der Waals surface area contributed by atoms with E-state index < -0.39 is 0 Å². The highest BCUT2D eigenvalue weighted by Crippen LogP contribution is 2.26. The van der Waals surface area contributed by atoms with Crippen LogP contribution in [0.3, 0.4) is 0 Å². The van der Waals surface area contributed by atoms with Crippen molar-refractivity contribution in [3.05, 3.63) is 64.2 Å². The molecule has 28 heavy (non-hydrogen) atoms. The van der Waals surface area contributed by atoms with Gasteiger partial charge in [-0.3, -0.25) is 9.69 Å². The van der Waals surface area contributed by atoms with Gasteiger partial charge in [-0.15, -0.1) is 12.4 Å². The fourth-order valence-electron chi connectivity index (χ4n) is 3.58. The lowest BCUT2D eigenvalue weighted by atomic mass is 10.0. The molecular formula is C22H28Cl2N2O2. The number of hydrogen-bond acceptors (Lipinski definition) is 3. The predicted octanol–water partition coefficient (Wildman–Crippen LogP) is 5.04. The molecule has 1 aliphatic heterocycles. The monoisotopic (exact) mass is 422 g/mol. The number of nitrogens with one attached hydrogen (secondary N) is 1. The Balaban J connectivity index is 0.00000280. The average molecular weight is 423 g/mol. The average Bonchev–Trinajstić information content (AvgIpc) is 2.70. The molecular weight excluding hydrogens is 395 g/mol. The molecule has 1 aliphatic rings. The molecule has 1 atom stereocenters. The first-order valence-corrected chi connectivity index (χ1v) is 9.88. The van der Waals surface area contributed by atoms with Crippen molar-refractivity contribution in [2.24, 2.45) is 0 Å². The first kappa shape index (κ1) is 22.5. The second kappa shape index (κ2) is 10.7. The Hall–Kier alpha value is -1.75. The van der Waals surface area contributed by atoms with Crippen LogP contribution in [0, 0.1) is 6.92 Å². The number of ether oxygens (including phenoxy) is 1. The summed E-state index contributed by atoms with van der Waals surface area (Å²) in [5, 5.41) is 3.54. The SMILES string of the molecule is COc1ccc(C(=O)NCC(c2ccc(C)cc2)N2CCCCC2)cc1Cl.Cl. The van der Waals surface area contributed by atoms with E-state index in [0.717, 1.165) is 13.1 Å². The summed E-state index contributed by atoms with van der Waals surface area (Å²) >= 11 is 6.16. The number of methoxy groups -OCH3 is 1. The van der Waals surface area contributed by atoms with Crippen molar-refractivity contribution in [2.45, 2.75) is 32.2 Å². The molecule has 2 aromatic carbocycles. The third kappa shape index (κ3) is 5.63. The molecule has 1 saturated heterocycles. The lowest BCUT2D eigenvalue weighted by Crippen LogP contribution is -2.40. The highest BCUT2D eigenvalue weighted by atomic mass is 35.5. The van der Waals surface area contributed by atoms with E-state index in [1.54, 1.807) is 25.3 Å². The zero-order valence-electron chi connectivity index (χ0n) is 16.4. The summed E-state index contributed by atoms with van der Waals surface area (Å²) in [6.07, 6.45) is 3.71. The number of aryl methyl sites for hydroxylation is 1. The number of benzene rings is 2. The Morgan fingerprint density at radius 1 is 1.14 bits per heavy atom. The Labute approximate surface area is 178 Å². The molecule has 3 rings (SSSR count). The number of nitrogens with zero attached hydrogens (tertiary/aromatic N) is 1. The number of halogens is 2. The topological polar surface area (TPSA) is 41.6 Å². The van der Waals surface area contributed by atoms with Crippen molar-refractivity contribution >= 4 is 29.9 Å². The van der Waals surface area contributed by atoms with Gasteiger partial charge in [-0.1, -0.05) is 47.9 Å². The minimum atomic E-state index is -0.117. The Morgan fingerprint density at radius 2 is 1.82 bits per heavy atom. The van der Waals surface area contributed by atoms with Crippen LogP contribution >= 0.6 is 24.0 Å². The molecule has 1 heterocycles. The van der Waals surface area contributed by atoms with Crippen LogP contribution in [0.1, 0.15) is 46.8 Å². The molecule has 0 bridgehead atoms. The molecule has 4 nitrogen and oxygen atoms in total. The Morgan fingerprint density at radius 3 is 2.43 bits per heavy atom. The van der Waals surface area contributed by atoms with Crippen molar-refractivity contribution in [3.63, 3.8) is 0 Å². The second-order valence-electron chi connectivity index (χ2n) is 7.08. The summed E-state index contributed by atoms with van der Waals surface area (Å²) < 4.78 is 5.15. The number of carbonyl (C=O) groups excluding carboxylic acids is 1. The van der Waals surface area contributed by atoms with Gasteiger partial charge in [0.1, 0.15) is 5.75 Å². The molecule has 1 N–H and O–H groups in total. The molecule has 0 saturated carbocycles. The fraction of sp³-hybridized carbons (Fsp3) is 0.409. The smallest absolute Gasteiger partial charge is 0.251 e. The van der Waals surface area contributed by atoms with Crippen LogP contribution in [-0.4, -0.2) is 37.6 Å². The van der Waals surface area contributed by atoms with Crippen LogP contribution in [-0.2, 0) is 0 Å². The molecule has 0 spiro atoms. The largest absolute Gasteiger partial charge is 0.495 e. The predicted molar refractivity (Wildman–Crippen MR) is 117 cm³/mol. The van der Waals surface area contributed by atoms with Gasteiger partial charge in [-0.2, -0.15) is 0 Å². The second-order valence-corrected chi connectivity index (χ2v) is 7.49. The lowest BCUT2D eigenvalue weighted by molar-refractivity contribution is 0.0924. The molecule has 1 unspecified atom stereocenters. The maximum atomic E-state index is 12.6. The van der Waals surface area contributed by atoms with Crippen molar-refractivity contribution in [2.75, 3.05) is 26.7 Å². The van der Waals surface area contributed by atoms with Crippen molar-refractivity contribution in [1.82, 2.24) is 10.2 Å². The standard InChI is InChI=1S/C22H27ClN2O2.ClH/c1-16-6-8-17(9-7-16)20(25-12-4-3-5-13-25)15-24-22(26)18-10-11-21(27-2)19(23)14-18;/h6-11,14,20H,3-5,12-13,15H2,1-2H3,(H,24,26);1H. The highest BCUT2D eigenvalue weighted by Gasteiger charge is 2.23. The summed E-state index contributed by atoms with van der Waals surface area (Å²) in [5.74, 6) is 0.452. The Bertz CT molecular complexity index is 775. The van der Waals surface area contributed by atoms with E-state index in [4.69, 9.17) is 16.3 Å². The zero-order chi connectivity index (χ0) is 19.2. The van der Waals surface area contributed by atoms with Crippen LogP contribution in [0.25, 0.3) is 0 Å². The molecule has 0 aromatic heterocycles. The third-order valence-electron chi connectivity index (χ3n) is 5.16. The van der Waals surface area contributed by atoms with Crippen molar-refractivity contribution in [1.29, 1.82) is 0 Å². The van der Waals surface area contributed by atoms with Crippen molar-refractivity contribution < 1.29 is 9.53 Å². The normalized spacial score (nSPS) is 15.4. The van der Waals surface area contributed by atoms with E-state index in [-0.39, 0.29) is 24.4 Å². The lowest BCUT2D eigenvalue weighted by Gasteiger charge is -2.35. The minimum Gasteiger partial charge on any atom is -0.495 e. The number of amides is 1. The first-order valence-electron chi connectivity index (χ1n) is 9.51. The number of carbonyl (C=O) groups is 1. The van der Waals surface area contributed by atoms with Gasteiger partial charge in [0.15, 0.2) is 0 Å². The van der Waals surface area contributed by atoms with E-state index >= 15 is 0 Å². The number of piperidine rings is 1. The number of likely N-dealkylation sites (tertiary alicyclic amines) is 1. The highest BCUT2D eigenvalue weighted by molar-refractivity contribution is 6.32. The van der Waals surface area contributed by atoms with Crippen LogP contribution in [0.2, 0.25) is 5.02 Å². The fourth-order valence-corrected chi connectivity index (χ4v) is 3.83. The van der Waals surface area contributed by atoms with Gasteiger partial charge < -0.3 is 10.1 Å². The van der Waals surface area contributed by atoms with Gasteiger partial charge in [0, 0.05) is 12.1 Å². The quantitative estimate of drug-likeness (QED) is 0.708. The van der Waals surface area contributed by atoms with Gasteiger partial charge in [0.05, 0.1) is 18.2 Å². The van der Waals surface area contributed by atoms with E-state index in [1.807, 2.05) is 0 Å². The summed E-state index contributed by atoms with van der Waals surface area (Å²) in [6, 6.07) is 13.9. The molecule has 0 aliphatic carbocycles. The third-order valence-corrected chi connectivity index (χ3v) is 5.46. The molecule has 152 valence electrons. The summed E-state index contributed by atoms with van der Waals surface area (Å²) in [7, 11) is 1.56. The van der Waals surface area contributed by atoms with Gasteiger partial charge in [-0.25, -0.2) is 0 Å². The van der Waals surface area contributed by atoms with Gasteiger partial charge in [-0.05, 0) is 56.6 Å². The molecule has 2 aromatic rings. The van der Waals surface area contributed by atoms with E-state index in [9.17, 15) is 4.79 Å².